The molecule has 1 amide bonds. The van der Waals surface area contributed by atoms with Gasteiger partial charge in [0, 0.05) is 18.4 Å². The third-order valence-electron chi connectivity index (χ3n) is 5.51. The molecule has 1 fully saturated rings. The topological polar surface area (TPSA) is 63.7 Å². The summed E-state index contributed by atoms with van der Waals surface area (Å²) < 4.78 is 24.8. The van der Waals surface area contributed by atoms with E-state index in [9.17, 15) is 9.18 Å². The molecule has 1 N–H and O–H groups in total. The molecule has 0 radical (unpaired) electrons. The molecule has 7 heteroatoms. The number of rotatable bonds is 7. The van der Waals surface area contributed by atoms with Crippen LogP contribution in [-0.2, 0) is 11.3 Å². The van der Waals surface area contributed by atoms with Crippen molar-refractivity contribution in [1.29, 1.82) is 0 Å². The number of anilines is 1. The van der Waals surface area contributed by atoms with Crippen LogP contribution in [-0.4, -0.2) is 35.5 Å². The van der Waals surface area contributed by atoms with E-state index in [4.69, 9.17) is 9.47 Å². The van der Waals surface area contributed by atoms with Gasteiger partial charge in [-0.2, -0.15) is 0 Å². The van der Waals surface area contributed by atoms with Crippen LogP contribution in [0, 0.1) is 5.82 Å². The summed E-state index contributed by atoms with van der Waals surface area (Å²) in [4.78, 5) is 19.2. The zero-order valence-electron chi connectivity index (χ0n) is 18.0. The van der Waals surface area contributed by atoms with Gasteiger partial charge >= 0.3 is 0 Å². The van der Waals surface area contributed by atoms with E-state index < -0.39 is 5.82 Å². The van der Waals surface area contributed by atoms with Crippen LogP contribution in [0.1, 0.15) is 24.8 Å². The van der Waals surface area contributed by atoms with Crippen molar-refractivity contribution < 1.29 is 18.7 Å². The quantitative estimate of drug-likeness (QED) is 0.565. The third-order valence-corrected chi connectivity index (χ3v) is 5.51. The van der Waals surface area contributed by atoms with Crippen molar-refractivity contribution in [2.75, 3.05) is 19.0 Å². The second kappa shape index (κ2) is 10.2. The summed E-state index contributed by atoms with van der Waals surface area (Å²) >= 11 is 0. The number of piperidine rings is 1. The van der Waals surface area contributed by atoms with Gasteiger partial charge in [0.25, 0.3) is 0 Å². The fourth-order valence-electron chi connectivity index (χ4n) is 3.90. The fraction of sp³-hybridized carbons (Fsp3) is 0.280. The SMILES string of the molecule is COc1ccc(CN2CCCC[C@H]2C(=O)Nc2ccc(Oc3cccnc3)cc2)cc1F. The van der Waals surface area contributed by atoms with Gasteiger partial charge in [0.2, 0.25) is 5.91 Å². The van der Waals surface area contributed by atoms with Gasteiger partial charge in [-0.3, -0.25) is 14.7 Å². The van der Waals surface area contributed by atoms with Crippen LogP contribution in [0.4, 0.5) is 10.1 Å². The summed E-state index contributed by atoms with van der Waals surface area (Å²) in [6.45, 7) is 1.31. The van der Waals surface area contributed by atoms with Crippen LogP contribution in [0.3, 0.4) is 0 Å². The molecule has 1 atom stereocenters. The molecule has 1 aliphatic heterocycles. The van der Waals surface area contributed by atoms with E-state index in [0.29, 0.717) is 23.7 Å². The molecule has 1 aromatic heterocycles. The zero-order chi connectivity index (χ0) is 22.3. The van der Waals surface area contributed by atoms with Crippen LogP contribution in [0.25, 0.3) is 0 Å². The average Bonchev–Trinajstić information content (AvgIpc) is 2.81. The first kappa shape index (κ1) is 21.8. The third kappa shape index (κ3) is 5.42. The number of methoxy groups -OCH3 is 1. The minimum absolute atomic E-state index is 0.0559. The largest absolute Gasteiger partial charge is 0.494 e. The van der Waals surface area contributed by atoms with Crippen LogP contribution >= 0.6 is 0 Å². The summed E-state index contributed by atoms with van der Waals surface area (Å²) in [5, 5.41) is 3.01. The number of hydrogen-bond donors (Lipinski definition) is 1. The number of likely N-dealkylation sites (tertiary alicyclic amines) is 1. The zero-order valence-corrected chi connectivity index (χ0v) is 18.0. The Morgan fingerprint density at radius 2 is 2.00 bits per heavy atom. The number of carbonyl (C=O) groups is 1. The predicted octanol–water partition coefficient (Wildman–Crippen LogP) is 5.01. The predicted molar refractivity (Wildman–Crippen MR) is 120 cm³/mol. The molecular weight excluding hydrogens is 409 g/mol. The Labute approximate surface area is 187 Å². The van der Waals surface area contributed by atoms with Crippen LogP contribution < -0.4 is 14.8 Å². The van der Waals surface area contributed by atoms with Gasteiger partial charge in [0.1, 0.15) is 11.5 Å². The Morgan fingerprint density at radius 3 is 2.72 bits per heavy atom. The number of hydrogen-bond acceptors (Lipinski definition) is 5. The highest BCUT2D eigenvalue weighted by atomic mass is 19.1. The van der Waals surface area contributed by atoms with Crippen LogP contribution in [0.2, 0.25) is 0 Å². The molecular formula is C25H26FN3O3. The number of carbonyl (C=O) groups excluding carboxylic acids is 1. The summed E-state index contributed by atoms with van der Waals surface area (Å²) in [7, 11) is 1.45. The van der Waals surface area contributed by atoms with Gasteiger partial charge in [0.05, 0.1) is 19.3 Å². The minimum atomic E-state index is -0.392. The molecule has 1 aliphatic rings. The summed E-state index contributed by atoms with van der Waals surface area (Å²) in [5.41, 5.74) is 1.52. The van der Waals surface area contributed by atoms with Crippen molar-refractivity contribution in [1.82, 2.24) is 9.88 Å². The lowest BCUT2D eigenvalue weighted by molar-refractivity contribution is -0.122. The molecule has 2 heterocycles. The molecule has 1 saturated heterocycles. The van der Waals surface area contributed by atoms with E-state index in [1.165, 1.54) is 13.2 Å². The van der Waals surface area contributed by atoms with Gasteiger partial charge < -0.3 is 14.8 Å². The lowest BCUT2D eigenvalue weighted by atomic mass is 10.00. The van der Waals surface area contributed by atoms with Crippen molar-refractivity contribution >= 4 is 11.6 Å². The van der Waals surface area contributed by atoms with Crippen molar-refractivity contribution in [2.24, 2.45) is 0 Å². The highest BCUT2D eigenvalue weighted by molar-refractivity contribution is 5.94. The number of aromatic nitrogens is 1. The van der Waals surface area contributed by atoms with E-state index in [-0.39, 0.29) is 17.7 Å². The second-order valence-corrected chi connectivity index (χ2v) is 7.76. The highest BCUT2D eigenvalue weighted by Gasteiger charge is 2.29. The molecule has 166 valence electrons. The number of pyridine rings is 1. The van der Waals surface area contributed by atoms with E-state index in [2.05, 4.69) is 15.2 Å². The number of nitrogens with one attached hydrogen (secondary N) is 1. The number of ether oxygens (including phenoxy) is 2. The monoisotopic (exact) mass is 435 g/mol. The Balaban J connectivity index is 1.39. The number of halogens is 1. The summed E-state index contributed by atoms with van der Waals surface area (Å²) in [6, 6.07) is 15.6. The molecule has 2 aromatic carbocycles. The molecule has 32 heavy (non-hydrogen) atoms. The standard InChI is InChI=1S/C25H26FN3O3/c1-31-24-12-7-18(15-22(24)26)17-29-14-3-2-6-23(29)25(30)28-19-8-10-20(11-9-19)32-21-5-4-13-27-16-21/h4-5,7-13,15-16,23H,2-3,6,14,17H2,1H3,(H,28,30)/t23-/m0/s1. The maximum Gasteiger partial charge on any atom is 0.241 e. The molecule has 0 spiro atoms. The molecule has 0 aliphatic carbocycles. The highest BCUT2D eigenvalue weighted by Crippen LogP contribution is 2.25. The first-order valence-corrected chi connectivity index (χ1v) is 10.7. The molecule has 4 rings (SSSR count). The van der Waals surface area contributed by atoms with Gasteiger partial charge in [-0.25, -0.2) is 4.39 Å². The molecule has 3 aromatic rings. The molecule has 0 unspecified atom stereocenters. The maximum absolute atomic E-state index is 14.1. The van der Waals surface area contributed by atoms with Crippen molar-refractivity contribution in [3.05, 3.63) is 78.4 Å². The second-order valence-electron chi connectivity index (χ2n) is 7.76. The molecule has 0 saturated carbocycles. The van der Waals surface area contributed by atoms with Crippen LogP contribution in [0.5, 0.6) is 17.2 Å². The van der Waals surface area contributed by atoms with Crippen LogP contribution in [0.15, 0.2) is 67.0 Å². The summed E-state index contributed by atoms with van der Waals surface area (Å²) in [6.07, 6.45) is 6.10. The Morgan fingerprint density at radius 1 is 1.16 bits per heavy atom. The van der Waals surface area contributed by atoms with Crippen molar-refractivity contribution in [3.63, 3.8) is 0 Å². The average molecular weight is 435 g/mol. The van der Waals surface area contributed by atoms with E-state index in [1.807, 2.05) is 24.3 Å². The Bertz CT molecular complexity index is 1040. The number of benzene rings is 2. The number of amides is 1. The van der Waals surface area contributed by atoms with E-state index in [0.717, 1.165) is 31.4 Å². The lowest BCUT2D eigenvalue weighted by Crippen LogP contribution is -2.46. The lowest BCUT2D eigenvalue weighted by Gasteiger charge is -2.34. The Hall–Kier alpha value is -3.45. The first-order chi connectivity index (χ1) is 15.6. The van der Waals surface area contributed by atoms with E-state index in [1.54, 1.807) is 36.7 Å². The number of nitrogens with zero attached hydrogens (tertiary/aromatic N) is 2. The van der Waals surface area contributed by atoms with Gasteiger partial charge in [-0.05, 0) is 73.5 Å². The molecule has 0 bridgehead atoms. The van der Waals surface area contributed by atoms with Gasteiger partial charge in [-0.15, -0.1) is 0 Å². The van der Waals surface area contributed by atoms with Gasteiger partial charge in [-0.1, -0.05) is 12.5 Å². The minimum Gasteiger partial charge on any atom is -0.494 e. The normalized spacial score (nSPS) is 16.4. The van der Waals surface area contributed by atoms with Crippen molar-refractivity contribution in [3.8, 4) is 17.2 Å². The first-order valence-electron chi connectivity index (χ1n) is 10.7. The molecule has 6 nitrogen and oxygen atoms in total. The maximum atomic E-state index is 14.1. The van der Waals surface area contributed by atoms with Crippen molar-refractivity contribution in [2.45, 2.75) is 31.8 Å². The van der Waals surface area contributed by atoms with Gasteiger partial charge in [0.15, 0.2) is 11.6 Å². The fourth-order valence-corrected chi connectivity index (χ4v) is 3.90. The summed E-state index contributed by atoms with van der Waals surface area (Å²) in [5.74, 6) is 1.09. The Kier molecular flexibility index (Phi) is 6.97. The smallest absolute Gasteiger partial charge is 0.241 e. The van der Waals surface area contributed by atoms with E-state index >= 15 is 0 Å².